The molecule has 2 aromatic heterocycles. The van der Waals surface area contributed by atoms with Gasteiger partial charge in [-0.3, -0.25) is 4.57 Å². The summed E-state index contributed by atoms with van der Waals surface area (Å²) >= 11 is 0. The minimum absolute atomic E-state index is 0.512. The van der Waals surface area contributed by atoms with Crippen molar-refractivity contribution < 1.29 is 9.47 Å². The Balaban J connectivity index is 1.53. The van der Waals surface area contributed by atoms with Crippen LogP contribution in [-0.4, -0.2) is 44.8 Å². The molecular formula is C20H20N6O2. The zero-order valence-corrected chi connectivity index (χ0v) is 15.4. The van der Waals surface area contributed by atoms with E-state index in [-0.39, 0.29) is 0 Å². The molecule has 8 nitrogen and oxygen atoms in total. The lowest BCUT2D eigenvalue weighted by molar-refractivity contribution is 0.146. The van der Waals surface area contributed by atoms with Crippen LogP contribution in [0.2, 0.25) is 0 Å². The van der Waals surface area contributed by atoms with Crippen molar-refractivity contribution in [3.8, 4) is 11.7 Å². The van der Waals surface area contributed by atoms with Crippen molar-refractivity contribution in [1.82, 2.24) is 24.5 Å². The Labute approximate surface area is 162 Å². The lowest BCUT2D eigenvalue weighted by atomic mass is 10.1. The Morgan fingerprint density at radius 1 is 1.00 bits per heavy atom. The maximum absolute atomic E-state index is 5.90. The summed E-state index contributed by atoms with van der Waals surface area (Å²) in [6.45, 7) is 1.08. The van der Waals surface area contributed by atoms with Gasteiger partial charge < -0.3 is 15.2 Å². The minimum atomic E-state index is 0.512. The number of ether oxygens (including phenoxy) is 2. The molecular weight excluding hydrogens is 356 g/mol. The van der Waals surface area contributed by atoms with Gasteiger partial charge in [0.25, 0.3) is 0 Å². The number of rotatable bonds is 7. The molecule has 2 aromatic carbocycles. The first-order valence-electron chi connectivity index (χ1n) is 8.84. The first-order valence-corrected chi connectivity index (χ1v) is 8.84. The Morgan fingerprint density at radius 2 is 1.86 bits per heavy atom. The number of fused-ring (bicyclic) bond motifs is 1. The fraction of sp³-hybridized carbons (Fsp3) is 0.200. The number of imidazole rings is 1. The molecule has 2 heterocycles. The molecule has 142 valence electrons. The standard InChI is InChI=1S/C20H20N6O2/c1-27-8-9-28-16-5-2-14(3-6-16)10-19-22-12-23-20(25-19)26-13-24-17-7-4-15(21)11-18(17)26/h2-7,11-13H,8-10,21H2,1H3. The summed E-state index contributed by atoms with van der Waals surface area (Å²) in [5, 5.41) is 0. The number of nitrogen functional groups attached to an aromatic ring is 1. The fourth-order valence-electron chi connectivity index (χ4n) is 2.83. The van der Waals surface area contributed by atoms with Crippen molar-refractivity contribution in [3.63, 3.8) is 0 Å². The van der Waals surface area contributed by atoms with E-state index in [1.165, 1.54) is 6.33 Å². The summed E-state index contributed by atoms with van der Waals surface area (Å²) in [7, 11) is 1.65. The van der Waals surface area contributed by atoms with E-state index in [2.05, 4.69) is 19.9 Å². The van der Waals surface area contributed by atoms with E-state index in [0.29, 0.717) is 37.1 Å². The van der Waals surface area contributed by atoms with Crippen LogP contribution in [0.1, 0.15) is 11.4 Å². The van der Waals surface area contributed by atoms with Gasteiger partial charge in [-0.05, 0) is 35.9 Å². The summed E-state index contributed by atoms with van der Waals surface area (Å²) < 4.78 is 12.4. The highest BCUT2D eigenvalue weighted by atomic mass is 16.5. The second-order valence-corrected chi connectivity index (χ2v) is 6.23. The molecule has 0 radical (unpaired) electrons. The van der Waals surface area contributed by atoms with Crippen LogP contribution in [0.4, 0.5) is 5.69 Å². The van der Waals surface area contributed by atoms with Crippen molar-refractivity contribution in [2.24, 2.45) is 0 Å². The van der Waals surface area contributed by atoms with E-state index in [1.54, 1.807) is 13.4 Å². The van der Waals surface area contributed by atoms with Crippen molar-refractivity contribution in [2.75, 3.05) is 26.1 Å². The third-order valence-electron chi connectivity index (χ3n) is 4.24. The Kier molecular flexibility index (Phi) is 5.11. The summed E-state index contributed by atoms with van der Waals surface area (Å²) in [5.41, 5.74) is 9.33. The van der Waals surface area contributed by atoms with Gasteiger partial charge in [0.15, 0.2) is 0 Å². The molecule has 0 aliphatic carbocycles. The molecule has 2 N–H and O–H groups in total. The molecule has 4 aromatic rings. The number of nitrogens with two attached hydrogens (primary N) is 1. The number of anilines is 1. The van der Waals surface area contributed by atoms with E-state index >= 15 is 0 Å². The Morgan fingerprint density at radius 3 is 2.68 bits per heavy atom. The average molecular weight is 376 g/mol. The smallest absolute Gasteiger partial charge is 0.238 e. The van der Waals surface area contributed by atoms with Crippen LogP contribution in [0.25, 0.3) is 17.0 Å². The summed E-state index contributed by atoms with van der Waals surface area (Å²) in [6.07, 6.45) is 3.79. The third kappa shape index (κ3) is 3.91. The van der Waals surface area contributed by atoms with Gasteiger partial charge in [0, 0.05) is 19.2 Å². The van der Waals surface area contributed by atoms with Crippen LogP contribution in [-0.2, 0) is 11.2 Å². The molecule has 4 rings (SSSR count). The summed E-state index contributed by atoms with van der Waals surface area (Å²) in [5.74, 6) is 1.99. The molecule has 8 heteroatoms. The van der Waals surface area contributed by atoms with Crippen molar-refractivity contribution >= 4 is 16.7 Å². The average Bonchev–Trinajstić information content (AvgIpc) is 3.13. The van der Waals surface area contributed by atoms with Gasteiger partial charge in [0.2, 0.25) is 5.95 Å². The molecule has 0 bridgehead atoms. The van der Waals surface area contributed by atoms with Gasteiger partial charge >= 0.3 is 0 Å². The molecule has 0 saturated heterocycles. The van der Waals surface area contributed by atoms with Gasteiger partial charge in [-0.2, -0.15) is 4.98 Å². The predicted octanol–water partition coefficient (Wildman–Crippen LogP) is 2.41. The van der Waals surface area contributed by atoms with Gasteiger partial charge in [-0.1, -0.05) is 12.1 Å². The van der Waals surface area contributed by atoms with Crippen LogP contribution in [0.15, 0.2) is 55.1 Å². The number of hydrogen-bond donors (Lipinski definition) is 1. The molecule has 0 saturated carbocycles. The van der Waals surface area contributed by atoms with Crippen molar-refractivity contribution in [2.45, 2.75) is 6.42 Å². The van der Waals surface area contributed by atoms with Gasteiger partial charge in [-0.25, -0.2) is 15.0 Å². The molecule has 0 fully saturated rings. The predicted molar refractivity (Wildman–Crippen MR) is 105 cm³/mol. The maximum atomic E-state index is 5.90. The molecule has 0 atom stereocenters. The maximum Gasteiger partial charge on any atom is 0.238 e. The number of hydrogen-bond acceptors (Lipinski definition) is 7. The van der Waals surface area contributed by atoms with Crippen LogP contribution in [0.3, 0.4) is 0 Å². The fourth-order valence-corrected chi connectivity index (χ4v) is 2.83. The molecule has 0 unspecified atom stereocenters. The monoisotopic (exact) mass is 376 g/mol. The van der Waals surface area contributed by atoms with E-state index in [4.69, 9.17) is 15.2 Å². The topological polar surface area (TPSA) is 101 Å². The highest BCUT2D eigenvalue weighted by molar-refractivity contribution is 5.80. The first kappa shape index (κ1) is 17.9. The normalized spacial score (nSPS) is 11.0. The third-order valence-corrected chi connectivity index (χ3v) is 4.24. The number of methoxy groups -OCH3 is 1. The second-order valence-electron chi connectivity index (χ2n) is 6.23. The number of benzene rings is 2. The lowest BCUT2D eigenvalue weighted by Gasteiger charge is -2.07. The van der Waals surface area contributed by atoms with Crippen LogP contribution >= 0.6 is 0 Å². The van der Waals surface area contributed by atoms with Crippen LogP contribution in [0, 0.1) is 0 Å². The molecule has 0 aliphatic rings. The van der Waals surface area contributed by atoms with E-state index in [9.17, 15) is 0 Å². The van der Waals surface area contributed by atoms with Gasteiger partial charge in [0.05, 0.1) is 17.6 Å². The van der Waals surface area contributed by atoms with Crippen LogP contribution in [0.5, 0.6) is 5.75 Å². The SMILES string of the molecule is COCCOc1ccc(Cc2ncnc(-n3cnc4ccc(N)cc43)n2)cc1. The second kappa shape index (κ2) is 8.01. The highest BCUT2D eigenvalue weighted by Gasteiger charge is 2.09. The van der Waals surface area contributed by atoms with Crippen molar-refractivity contribution in [1.29, 1.82) is 0 Å². The zero-order chi connectivity index (χ0) is 19.3. The summed E-state index contributed by atoms with van der Waals surface area (Å²) in [4.78, 5) is 17.5. The van der Waals surface area contributed by atoms with E-state index < -0.39 is 0 Å². The number of aromatic nitrogens is 5. The van der Waals surface area contributed by atoms with Gasteiger partial charge in [0.1, 0.15) is 30.8 Å². The van der Waals surface area contributed by atoms with E-state index in [1.807, 2.05) is 47.0 Å². The lowest BCUT2D eigenvalue weighted by Crippen LogP contribution is -2.06. The zero-order valence-electron chi connectivity index (χ0n) is 15.4. The minimum Gasteiger partial charge on any atom is -0.491 e. The highest BCUT2D eigenvalue weighted by Crippen LogP contribution is 2.19. The molecule has 28 heavy (non-hydrogen) atoms. The van der Waals surface area contributed by atoms with Gasteiger partial charge in [-0.15, -0.1) is 0 Å². The summed E-state index contributed by atoms with van der Waals surface area (Å²) in [6, 6.07) is 13.4. The number of nitrogens with zero attached hydrogens (tertiary/aromatic N) is 5. The molecule has 0 spiro atoms. The van der Waals surface area contributed by atoms with Crippen molar-refractivity contribution in [3.05, 3.63) is 66.5 Å². The quantitative estimate of drug-likeness (QED) is 0.390. The first-order chi connectivity index (χ1) is 13.7. The Bertz CT molecular complexity index is 1080. The Hall–Kier alpha value is -3.52. The molecule has 0 amide bonds. The largest absolute Gasteiger partial charge is 0.491 e. The van der Waals surface area contributed by atoms with E-state index in [0.717, 1.165) is 22.3 Å². The molecule has 0 aliphatic heterocycles. The van der Waals surface area contributed by atoms with Crippen LogP contribution < -0.4 is 10.5 Å².